The monoisotopic (exact) mass is 425 g/mol. The number of hydrogen-bond donors (Lipinski definition) is 2. The van der Waals surface area contributed by atoms with E-state index in [2.05, 4.69) is 10.6 Å². The van der Waals surface area contributed by atoms with Gasteiger partial charge >= 0.3 is 6.03 Å². The van der Waals surface area contributed by atoms with Crippen molar-refractivity contribution in [2.45, 2.75) is 33.7 Å². The molecule has 29 heavy (non-hydrogen) atoms. The number of carbonyl (C=O) groups excluding carboxylic acids is 2. The van der Waals surface area contributed by atoms with Crippen LogP contribution in [0.3, 0.4) is 0 Å². The number of carbonyl (C=O) groups is 2. The van der Waals surface area contributed by atoms with Gasteiger partial charge in [-0.25, -0.2) is 4.79 Å². The molecule has 0 aromatic heterocycles. The summed E-state index contributed by atoms with van der Waals surface area (Å²) in [5.41, 5.74) is 0.806. The van der Waals surface area contributed by atoms with Crippen LogP contribution in [-0.2, 0) is 10.2 Å². The van der Waals surface area contributed by atoms with E-state index in [1.807, 2.05) is 13.8 Å². The Balaban J connectivity index is 2.07. The van der Waals surface area contributed by atoms with Gasteiger partial charge in [0.25, 0.3) is 16.1 Å². The Morgan fingerprint density at radius 3 is 2.21 bits per heavy atom. The molecule has 1 aliphatic rings. The summed E-state index contributed by atoms with van der Waals surface area (Å²) >= 11 is 0. The van der Waals surface area contributed by atoms with Crippen molar-refractivity contribution >= 4 is 27.8 Å². The normalized spacial score (nSPS) is 15.6. The second-order valence-corrected chi connectivity index (χ2v) is 9.01. The van der Waals surface area contributed by atoms with Gasteiger partial charge in [-0.1, -0.05) is 26.0 Å². The van der Waals surface area contributed by atoms with Gasteiger partial charge in [0.1, 0.15) is 0 Å². The molecule has 1 aromatic carbocycles. The standard InChI is InChI=1S/C19H31N5O4S/c1-5-23(6-2)29(27,28)24-13-11-22(12-14-24)18(25)16-9-7-8-10-17(16)21-19(26)20-15(3)4/h7-10,15H,5-6,11-14H2,1-4H3,(H2,20,21,26). The third-order valence-corrected chi connectivity index (χ3v) is 6.90. The van der Waals surface area contributed by atoms with E-state index < -0.39 is 10.2 Å². The first kappa shape index (κ1) is 23.1. The van der Waals surface area contributed by atoms with Crippen molar-refractivity contribution in [3.05, 3.63) is 29.8 Å². The zero-order chi connectivity index (χ0) is 21.6. The van der Waals surface area contributed by atoms with Gasteiger partial charge in [0.05, 0.1) is 11.3 Å². The van der Waals surface area contributed by atoms with E-state index in [4.69, 9.17) is 0 Å². The fraction of sp³-hybridized carbons (Fsp3) is 0.579. The number of urea groups is 1. The number of benzene rings is 1. The lowest BCUT2D eigenvalue weighted by atomic mass is 10.1. The van der Waals surface area contributed by atoms with Crippen LogP contribution in [0.2, 0.25) is 0 Å². The predicted molar refractivity (Wildman–Crippen MR) is 113 cm³/mol. The molecular weight excluding hydrogens is 394 g/mol. The fourth-order valence-electron chi connectivity index (χ4n) is 3.20. The van der Waals surface area contributed by atoms with Crippen molar-refractivity contribution in [1.82, 2.24) is 18.8 Å². The molecule has 3 amide bonds. The van der Waals surface area contributed by atoms with Crippen molar-refractivity contribution in [3.8, 4) is 0 Å². The Bertz CT molecular complexity index is 816. The highest BCUT2D eigenvalue weighted by atomic mass is 32.2. The van der Waals surface area contributed by atoms with Crippen LogP contribution in [0.25, 0.3) is 0 Å². The van der Waals surface area contributed by atoms with E-state index >= 15 is 0 Å². The summed E-state index contributed by atoms with van der Waals surface area (Å²) < 4.78 is 28.1. The van der Waals surface area contributed by atoms with Gasteiger partial charge < -0.3 is 15.5 Å². The Labute approximate surface area is 173 Å². The molecule has 0 radical (unpaired) electrons. The summed E-state index contributed by atoms with van der Waals surface area (Å²) in [5, 5.41) is 5.44. The molecule has 1 saturated heterocycles. The van der Waals surface area contributed by atoms with Crippen molar-refractivity contribution < 1.29 is 18.0 Å². The van der Waals surface area contributed by atoms with Crippen LogP contribution in [0.5, 0.6) is 0 Å². The molecule has 162 valence electrons. The lowest BCUT2D eigenvalue weighted by molar-refractivity contribution is 0.0695. The average Bonchev–Trinajstić information content (AvgIpc) is 2.68. The molecule has 1 fully saturated rings. The second-order valence-electron chi connectivity index (χ2n) is 7.08. The zero-order valence-electron chi connectivity index (χ0n) is 17.5. The van der Waals surface area contributed by atoms with E-state index in [0.717, 1.165) is 0 Å². The molecule has 2 rings (SSSR count). The molecule has 9 nitrogen and oxygen atoms in total. The van der Waals surface area contributed by atoms with Gasteiger partial charge in [-0.05, 0) is 26.0 Å². The van der Waals surface area contributed by atoms with Crippen molar-refractivity contribution in [2.24, 2.45) is 0 Å². The van der Waals surface area contributed by atoms with Crippen LogP contribution in [-0.4, -0.2) is 79.2 Å². The molecule has 2 N–H and O–H groups in total. The van der Waals surface area contributed by atoms with E-state index in [-0.39, 0.29) is 31.1 Å². The molecule has 10 heteroatoms. The largest absolute Gasteiger partial charge is 0.336 e. The Hall–Kier alpha value is -2.17. The molecule has 0 saturated carbocycles. The van der Waals surface area contributed by atoms with Crippen molar-refractivity contribution in [1.29, 1.82) is 0 Å². The van der Waals surface area contributed by atoms with Crippen LogP contribution in [0.15, 0.2) is 24.3 Å². The summed E-state index contributed by atoms with van der Waals surface area (Å²) in [5.74, 6) is -0.231. The summed E-state index contributed by atoms with van der Waals surface area (Å²) in [6.45, 7) is 9.22. The highest BCUT2D eigenvalue weighted by molar-refractivity contribution is 7.86. The molecule has 1 aliphatic heterocycles. The molecule has 1 heterocycles. The number of hydrogen-bond acceptors (Lipinski definition) is 4. The first-order valence-electron chi connectivity index (χ1n) is 9.91. The minimum Gasteiger partial charge on any atom is -0.336 e. The van der Waals surface area contributed by atoms with Gasteiger partial charge in [0, 0.05) is 45.3 Å². The quantitative estimate of drug-likeness (QED) is 0.692. The lowest BCUT2D eigenvalue weighted by Gasteiger charge is -2.36. The number of para-hydroxylation sites is 1. The van der Waals surface area contributed by atoms with Crippen LogP contribution in [0.1, 0.15) is 38.1 Å². The number of nitrogens with one attached hydrogen (secondary N) is 2. The van der Waals surface area contributed by atoms with Crippen LogP contribution in [0, 0.1) is 0 Å². The maximum Gasteiger partial charge on any atom is 0.319 e. The van der Waals surface area contributed by atoms with Crippen LogP contribution < -0.4 is 10.6 Å². The topological polar surface area (TPSA) is 102 Å². The maximum absolute atomic E-state index is 13.0. The zero-order valence-corrected chi connectivity index (χ0v) is 18.3. The average molecular weight is 426 g/mol. The Morgan fingerprint density at radius 2 is 1.66 bits per heavy atom. The second kappa shape index (κ2) is 10.0. The molecular formula is C19H31N5O4S. The third-order valence-electron chi connectivity index (χ3n) is 4.71. The van der Waals surface area contributed by atoms with Crippen molar-refractivity contribution in [2.75, 3.05) is 44.6 Å². The first-order valence-corrected chi connectivity index (χ1v) is 11.3. The molecule has 0 atom stereocenters. The van der Waals surface area contributed by atoms with Crippen molar-refractivity contribution in [3.63, 3.8) is 0 Å². The number of amides is 3. The smallest absolute Gasteiger partial charge is 0.319 e. The van der Waals surface area contributed by atoms with Gasteiger partial charge in [-0.2, -0.15) is 17.0 Å². The van der Waals surface area contributed by atoms with E-state index in [1.54, 1.807) is 43.0 Å². The van der Waals surface area contributed by atoms with Gasteiger partial charge in [0.15, 0.2) is 0 Å². The minimum atomic E-state index is -3.51. The van der Waals surface area contributed by atoms with Gasteiger partial charge in [0.2, 0.25) is 0 Å². The first-order chi connectivity index (χ1) is 13.7. The molecule has 0 aliphatic carbocycles. The highest BCUT2D eigenvalue weighted by Crippen LogP contribution is 2.19. The Kier molecular flexibility index (Phi) is 8.00. The third kappa shape index (κ3) is 5.68. The summed E-state index contributed by atoms with van der Waals surface area (Å²) in [7, 11) is -3.51. The summed E-state index contributed by atoms with van der Waals surface area (Å²) in [6, 6.07) is 6.41. The Morgan fingerprint density at radius 1 is 1.07 bits per heavy atom. The summed E-state index contributed by atoms with van der Waals surface area (Å²) in [4.78, 5) is 26.6. The number of nitrogens with zero attached hydrogens (tertiary/aromatic N) is 3. The number of piperazine rings is 1. The highest BCUT2D eigenvalue weighted by Gasteiger charge is 2.32. The SMILES string of the molecule is CCN(CC)S(=O)(=O)N1CCN(C(=O)c2ccccc2NC(=O)NC(C)C)CC1. The lowest BCUT2D eigenvalue weighted by Crippen LogP contribution is -2.54. The number of rotatable bonds is 7. The predicted octanol–water partition coefficient (Wildman–Crippen LogP) is 1.56. The van der Waals surface area contributed by atoms with E-state index in [9.17, 15) is 18.0 Å². The van der Waals surface area contributed by atoms with Crippen LogP contribution in [0.4, 0.5) is 10.5 Å². The molecule has 0 bridgehead atoms. The molecule has 1 aromatic rings. The minimum absolute atomic E-state index is 0.0290. The van der Waals surface area contributed by atoms with E-state index in [1.165, 1.54) is 8.61 Å². The van der Waals surface area contributed by atoms with Crippen LogP contribution >= 0.6 is 0 Å². The molecule has 0 unspecified atom stereocenters. The fourth-order valence-corrected chi connectivity index (χ4v) is 4.81. The van der Waals surface area contributed by atoms with Gasteiger partial charge in [-0.15, -0.1) is 0 Å². The van der Waals surface area contributed by atoms with E-state index in [0.29, 0.717) is 37.4 Å². The maximum atomic E-state index is 13.0. The molecule has 0 spiro atoms. The number of anilines is 1. The summed E-state index contributed by atoms with van der Waals surface area (Å²) in [6.07, 6.45) is 0. The van der Waals surface area contributed by atoms with Gasteiger partial charge in [-0.3, -0.25) is 4.79 Å².